The van der Waals surface area contributed by atoms with Crippen molar-refractivity contribution >= 4 is 6.08 Å². The van der Waals surface area contributed by atoms with Gasteiger partial charge >= 0.3 is 0 Å². The Hall–Kier alpha value is -1.12. The molecule has 0 aromatic carbocycles. The Kier molecular flexibility index (Phi) is 12.9. The number of allylic oxidation sites excluding steroid dienone is 1. The molecule has 1 rings (SSSR count). The maximum absolute atomic E-state index is 4.05. The Bertz CT molecular complexity index is 275. The summed E-state index contributed by atoms with van der Waals surface area (Å²) >= 11 is 0. The summed E-state index contributed by atoms with van der Waals surface area (Å²) in [6.45, 7) is 12.1. The van der Waals surface area contributed by atoms with E-state index in [2.05, 4.69) is 17.2 Å². The molecule has 0 radical (unpaired) electrons. The molecule has 0 bridgehead atoms. The molecular formula is C13H27N3. The zero-order valence-electron chi connectivity index (χ0n) is 11.9. The van der Waals surface area contributed by atoms with Gasteiger partial charge in [0.1, 0.15) is 5.69 Å². The molecule has 0 amide bonds. The van der Waals surface area contributed by atoms with Gasteiger partial charge in [-0.1, -0.05) is 52.3 Å². The molecule has 0 aliphatic carbocycles. The SMILES string of the molecule is C/C=C\c1nnn(C)c1CCC.CC.CC. The van der Waals surface area contributed by atoms with E-state index in [-0.39, 0.29) is 0 Å². The minimum atomic E-state index is 1.00. The Morgan fingerprint density at radius 2 is 1.75 bits per heavy atom. The van der Waals surface area contributed by atoms with Gasteiger partial charge in [-0.15, -0.1) is 5.10 Å². The van der Waals surface area contributed by atoms with E-state index < -0.39 is 0 Å². The van der Waals surface area contributed by atoms with Crippen LogP contribution in [0.5, 0.6) is 0 Å². The molecule has 0 fully saturated rings. The Balaban J connectivity index is 0. The third-order valence-electron chi connectivity index (χ3n) is 1.78. The molecule has 1 aromatic heterocycles. The average molecular weight is 225 g/mol. The van der Waals surface area contributed by atoms with Crippen LogP contribution in [0.15, 0.2) is 6.08 Å². The van der Waals surface area contributed by atoms with Gasteiger partial charge in [-0.25, -0.2) is 0 Å². The lowest BCUT2D eigenvalue weighted by atomic mass is 10.2. The fraction of sp³-hybridized carbons (Fsp3) is 0.692. The van der Waals surface area contributed by atoms with Crippen molar-refractivity contribution in [2.24, 2.45) is 7.05 Å². The van der Waals surface area contributed by atoms with Gasteiger partial charge in [0, 0.05) is 7.05 Å². The standard InChI is InChI=1S/C9H15N3.2C2H6/c1-4-6-8-9(7-5-2)12(3)11-10-8;2*1-2/h4,6H,5,7H2,1-3H3;2*1-2H3/b6-4-;;. The number of rotatable bonds is 3. The summed E-state index contributed by atoms with van der Waals surface area (Å²) < 4.78 is 1.85. The van der Waals surface area contributed by atoms with Crippen molar-refractivity contribution < 1.29 is 0 Å². The molecule has 16 heavy (non-hydrogen) atoms. The van der Waals surface area contributed by atoms with Crippen LogP contribution in [-0.4, -0.2) is 15.0 Å². The van der Waals surface area contributed by atoms with Crippen LogP contribution in [0.2, 0.25) is 0 Å². The molecule has 3 nitrogen and oxygen atoms in total. The zero-order valence-corrected chi connectivity index (χ0v) is 11.9. The van der Waals surface area contributed by atoms with Gasteiger partial charge in [0.15, 0.2) is 0 Å². The topological polar surface area (TPSA) is 30.7 Å². The molecule has 0 atom stereocenters. The molecule has 0 aliphatic rings. The lowest BCUT2D eigenvalue weighted by molar-refractivity contribution is 0.669. The minimum absolute atomic E-state index is 1.00. The molecule has 1 heterocycles. The van der Waals surface area contributed by atoms with Crippen molar-refractivity contribution in [1.82, 2.24) is 15.0 Å². The predicted molar refractivity (Wildman–Crippen MR) is 72.4 cm³/mol. The third-order valence-corrected chi connectivity index (χ3v) is 1.78. The van der Waals surface area contributed by atoms with Crippen LogP contribution in [0.3, 0.4) is 0 Å². The van der Waals surface area contributed by atoms with Gasteiger partial charge in [0.2, 0.25) is 0 Å². The second-order valence-electron chi connectivity index (χ2n) is 2.79. The van der Waals surface area contributed by atoms with E-state index in [4.69, 9.17) is 0 Å². The van der Waals surface area contributed by atoms with E-state index in [1.165, 1.54) is 5.69 Å². The van der Waals surface area contributed by atoms with Crippen LogP contribution in [-0.2, 0) is 13.5 Å². The van der Waals surface area contributed by atoms with E-state index >= 15 is 0 Å². The van der Waals surface area contributed by atoms with Crippen LogP contribution in [0.25, 0.3) is 6.08 Å². The summed E-state index contributed by atoms with van der Waals surface area (Å²) in [5, 5.41) is 8.02. The number of hydrogen-bond acceptors (Lipinski definition) is 2. The fourth-order valence-corrected chi connectivity index (χ4v) is 1.21. The highest BCUT2D eigenvalue weighted by Gasteiger charge is 2.05. The second-order valence-corrected chi connectivity index (χ2v) is 2.79. The highest BCUT2D eigenvalue weighted by Crippen LogP contribution is 2.08. The summed E-state index contributed by atoms with van der Waals surface area (Å²) in [6, 6.07) is 0. The van der Waals surface area contributed by atoms with E-state index in [0.29, 0.717) is 0 Å². The number of aromatic nitrogens is 3. The second kappa shape index (κ2) is 12.0. The molecule has 3 heteroatoms. The van der Waals surface area contributed by atoms with Gasteiger partial charge in [-0.2, -0.15) is 0 Å². The first-order valence-electron chi connectivity index (χ1n) is 6.30. The summed E-state index contributed by atoms with van der Waals surface area (Å²) in [5.74, 6) is 0. The number of nitrogens with zero attached hydrogens (tertiary/aromatic N) is 3. The maximum Gasteiger partial charge on any atom is 0.108 e. The zero-order chi connectivity index (χ0) is 13.0. The van der Waals surface area contributed by atoms with Crippen molar-refractivity contribution in [1.29, 1.82) is 0 Å². The molecule has 94 valence electrons. The fourth-order valence-electron chi connectivity index (χ4n) is 1.21. The lowest BCUT2D eigenvalue weighted by Crippen LogP contribution is -1.98. The van der Waals surface area contributed by atoms with E-state index in [0.717, 1.165) is 18.5 Å². The Morgan fingerprint density at radius 1 is 1.19 bits per heavy atom. The summed E-state index contributed by atoms with van der Waals surface area (Å²) in [6.07, 6.45) is 6.16. The molecule has 0 N–H and O–H groups in total. The van der Waals surface area contributed by atoms with Crippen LogP contribution in [0.1, 0.15) is 59.4 Å². The molecule has 0 spiro atoms. The maximum atomic E-state index is 4.05. The highest BCUT2D eigenvalue weighted by atomic mass is 15.4. The van der Waals surface area contributed by atoms with E-state index in [1.54, 1.807) is 0 Å². The van der Waals surface area contributed by atoms with Gasteiger partial charge < -0.3 is 0 Å². The molecule has 1 aromatic rings. The van der Waals surface area contributed by atoms with Crippen LogP contribution >= 0.6 is 0 Å². The van der Waals surface area contributed by atoms with Crippen molar-refractivity contribution in [3.63, 3.8) is 0 Å². The van der Waals surface area contributed by atoms with E-state index in [9.17, 15) is 0 Å². The van der Waals surface area contributed by atoms with Gasteiger partial charge in [-0.05, 0) is 19.4 Å². The van der Waals surface area contributed by atoms with Crippen molar-refractivity contribution in [3.05, 3.63) is 17.5 Å². The summed E-state index contributed by atoms with van der Waals surface area (Å²) in [4.78, 5) is 0. The molecule has 0 aliphatic heterocycles. The van der Waals surface area contributed by atoms with Crippen molar-refractivity contribution in [2.45, 2.75) is 54.4 Å². The van der Waals surface area contributed by atoms with Crippen molar-refractivity contribution in [3.8, 4) is 0 Å². The van der Waals surface area contributed by atoms with Crippen LogP contribution in [0.4, 0.5) is 0 Å². The minimum Gasteiger partial charge on any atom is -0.252 e. The van der Waals surface area contributed by atoms with Gasteiger partial charge in [0.05, 0.1) is 5.69 Å². The lowest BCUT2D eigenvalue weighted by Gasteiger charge is -1.97. The molecule has 0 saturated heterocycles. The molecule has 0 saturated carbocycles. The first-order valence-corrected chi connectivity index (χ1v) is 6.30. The highest BCUT2D eigenvalue weighted by molar-refractivity contribution is 5.46. The molecular weight excluding hydrogens is 198 g/mol. The third kappa shape index (κ3) is 5.69. The predicted octanol–water partition coefficient (Wildman–Crippen LogP) is 3.85. The van der Waals surface area contributed by atoms with Crippen LogP contribution < -0.4 is 0 Å². The molecule has 0 unspecified atom stereocenters. The van der Waals surface area contributed by atoms with Gasteiger partial charge in [0.25, 0.3) is 0 Å². The van der Waals surface area contributed by atoms with Gasteiger partial charge in [-0.3, -0.25) is 4.68 Å². The first kappa shape index (κ1) is 17.3. The van der Waals surface area contributed by atoms with Crippen molar-refractivity contribution in [2.75, 3.05) is 0 Å². The number of aryl methyl sites for hydroxylation is 1. The monoisotopic (exact) mass is 225 g/mol. The summed E-state index contributed by atoms with van der Waals surface area (Å²) in [5.41, 5.74) is 2.22. The summed E-state index contributed by atoms with van der Waals surface area (Å²) in [7, 11) is 1.94. The quantitative estimate of drug-likeness (QED) is 0.782. The number of hydrogen-bond donors (Lipinski definition) is 0. The van der Waals surface area contributed by atoms with Crippen LogP contribution in [0, 0.1) is 0 Å². The Morgan fingerprint density at radius 3 is 2.19 bits per heavy atom. The average Bonchev–Trinajstić information content (AvgIpc) is 2.68. The van der Waals surface area contributed by atoms with E-state index in [1.807, 2.05) is 58.5 Å². The first-order chi connectivity index (χ1) is 7.79. The smallest absolute Gasteiger partial charge is 0.108 e. The Labute approximate surface area is 101 Å². The normalized spacial score (nSPS) is 9.19. The largest absolute Gasteiger partial charge is 0.252 e.